The standard InChI is InChI=1S/C32H58O4S2Si2/c1-10-11-12-13-14-15-20-33-29-18-16-28(17-19-29)23-37-32-21-30-31(38-32)22-34-39(24(2)3,25(4)5)36-40(35-30,26(6)7)27(8)9/h16-19,24-27,30-32H,10-15,20-23H2,1-9H3. The van der Waals surface area contributed by atoms with Gasteiger partial charge in [-0.05, 0) is 52.7 Å². The van der Waals surface area contributed by atoms with Gasteiger partial charge in [0.1, 0.15) is 5.75 Å². The van der Waals surface area contributed by atoms with Crippen molar-refractivity contribution in [2.45, 2.75) is 151 Å². The third-order valence-electron chi connectivity index (χ3n) is 8.64. The van der Waals surface area contributed by atoms with Gasteiger partial charge in [-0.2, -0.15) is 0 Å². The van der Waals surface area contributed by atoms with Gasteiger partial charge in [0.2, 0.25) is 0 Å². The molecule has 0 aliphatic carbocycles. The van der Waals surface area contributed by atoms with E-state index in [0.717, 1.165) is 37.6 Å². The van der Waals surface area contributed by atoms with E-state index in [0.29, 0.717) is 32.0 Å². The second-order valence-electron chi connectivity index (χ2n) is 13.0. The lowest BCUT2D eigenvalue weighted by atomic mass is 10.1. The first-order valence-corrected chi connectivity index (χ1v) is 22.0. The zero-order valence-corrected chi connectivity index (χ0v) is 30.5. The van der Waals surface area contributed by atoms with Crippen LogP contribution in [0.3, 0.4) is 0 Å². The molecule has 3 unspecified atom stereocenters. The molecule has 230 valence electrons. The molecular weight excluding hydrogens is 569 g/mol. The Morgan fingerprint density at radius 3 is 2.05 bits per heavy atom. The summed E-state index contributed by atoms with van der Waals surface area (Å²) in [7, 11) is -4.97. The first kappa shape index (κ1) is 34.5. The van der Waals surface area contributed by atoms with Crippen molar-refractivity contribution < 1.29 is 17.7 Å². The second-order valence-corrected chi connectivity index (χ2v) is 24.8. The minimum absolute atomic E-state index is 0.211. The Balaban J connectivity index is 1.58. The first-order chi connectivity index (χ1) is 19.0. The van der Waals surface area contributed by atoms with E-state index in [-0.39, 0.29) is 6.10 Å². The first-order valence-electron chi connectivity index (χ1n) is 16.0. The molecule has 1 aromatic rings. The van der Waals surface area contributed by atoms with Crippen molar-refractivity contribution >= 4 is 40.6 Å². The molecule has 2 heterocycles. The SMILES string of the molecule is CCCCCCCCOc1ccc(CSC2CC3O[Si](C(C)C)(C(C)C)O[Si](C(C)C)(C(C)C)OCC3S2)cc1. The van der Waals surface area contributed by atoms with Crippen LogP contribution >= 0.6 is 23.5 Å². The maximum Gasteiger partial charge on any atom is 0.334 e. The number of thioether (sulfide) groups is 2. The van der Waals surface area contributed by atoms with Gasteiger partial charge >= 0.3 is 17.1 Å². The largest absolute Gasteiger partial charge is 0.494 e. The normalized spacial score (nSPS) is 24.5. The molecule has 3 atom stereocenters. The van der Waals surface area contributed by atoms with Crippen LogP contribution in [0.2, 0.25) is 22.2 Å². The predicted molar refractivity (Wildman–Crippen MR) is 180 cm³/mol. The van der Waals surface area contributed by atoms with Gasteiger partial charge in [-0.15, -0.1) is 23.5 Å². The summed E-state index contributed by atoms with van der Waals surface area (Å²) in [6.45, 7) is 22.3. The van der Waals surface area contributed by atoms with Gasteiger partial charge < -0.3 is 17.7 Å². The van der Waals surface area contributed by atoms with Gasteiger partial charge in [-0.1, -0.05) is 107 Å². The lowest BCUT2D eigenvalue weighted by Crippen LogP contribution is -2.64. The van der Waals surface area contributed by atoms with Crippen LogP contribution in [0.25, 0.3) is 0 Å². The quantitative estimate of drug-likeness (QED) is 0.142. The Hall–Kier alpha value is 0.0338. The average molecular weight is 627 g/mol. The summed E-state index contributed by atoms with van der Waals surface area (Å²) < 4.78 is 28.1. The van der Waals surface area contributed by atoms with Gasteiger partial charge in [-0.3, -0.25) is 0 Å². The molecule has 4 nitrogen and oxygen atoms in total. The van der Waals surface area contributed by atoms with E-state index in [9.17, 15) is 0 Å². The molecule has 2 aliphatic heterocycles. The summed E-state index contributed by atoms with van der Waals surface area (Å²) in [5.41, 5.74) is 2.93. The van der Waals surface area contributed by atoms with Gasteiger partial charge in [0.15, 0.2) is 0 Å². The van der Waals surface area contributed by atoms with Crippen molar-refractivity contribution in [3.8, 4) is 5.75 Å². The Kier molecular flexibility index (Phi) is 14.0. The molecule has 3 rings (SSSR count). The van der Waals surface area contributed by atoms with Crippen LogP contribution in [-0.4, -0.2) is 46.3 Å². The number of ether oxygens (including phenoxy) is 1. The number of rotatable bonds is 15. The zero-order chi connectivity index (χ0) is 29.3. The fourth-order valence-corrected chi connectivity index (χ4v) is 20.7. The molecule has 40 heavy (non-hydrogen) atoms. The van der Waals surface area contributed by atoms with Gasteiger partial charge in [0, 0.05) is 5.75 Å². The van der Waals surface area contributed by atoms with E-state index in [1.807, 2.05) is 0 Å². The highest BCUT2D eigenvalue weighted by Gasteiger charge is 2.59. The molecule has 0 amide bonds. The number of hydrogen-bond donors (Lipinski definition) is 0. The fraction of sp³-hybridized carbons (Fsp3) is 0.812. The maximum atomic E-state index is 7.36. The van der Waals surface area contributed by atoms with Crippen molar-refractivity contribution in [2.75, 3.05) is 13.2 Å². The van der Waals surface area contributed by atoms with Crippen molar-refractivity contribution in [3.05, 3.63) is 29.8 Å². The number of unbranched alkanes of at least 4 members (excludes halogenated alkanes) is 5. The smallest absolute Gasteiger partial charge is 0.334 e. The van der Waals surface area contributed by atoms with Gasteiger partial charge in [0.05, 0.1) is 29.1 Å². The highest BCUT2D eigenvalue weighted by molar-refractivity contribution is 8.17. The third kappa shape index (κ3) is 8.79. The van der Waals surface area contributed by atoms with E-state index < -0.39 is 17.1 Å². The van der Waals surface area contributed by atoms with Crippen LogP contribution in [0.15, 0.2) is 24.3 Å². The van der Waals surface area contributed by atoms with Crippen molar-refractivity contribution in [3.63, 3.8) is 0 Å². The van der Waals surface area contributed by atoms with Crippen molar-refractivity contribution in [1.82, 2.24) is 0 Å². The van der Waals surface area contributed by atoms with Crippen LogP contribution < -0.4 is 4.74 Å². The van der Waals surface area contributed by atoms with Gasteiger partial charge in [-0.25, -0.2) is 0 Å². The Morgan fingerprint density at radius 2 is 1.45 bits per heavy atom. The second kappa shape index (κ2) is 16.2. The lowest BCUT2D eigenvalue weighted by molar-refractivity contribution is 0.0739. The number of fused-ring (bicyclic) bond motifs is 1. The van der Waals surface area contributed by atoms with E-state index in [2.05, 4.69) is 110 Å². The summed E-state index contributed by atoms with van der Waals surface area (Å²) >= 11 is 4.14. The van der Waals surface area contributed by atoms with Crippen LogP contribution in [0, 0.1) is 0 Å². The van der Waals surface area contributed by atoms with Crippen LogP contribution in [0.5, 0.6) is 5.75 Å². The monoisotopic (exact) mass is 626 g/mol. The molecule has 0 radical (unpaired) electrons. The predicted octanol–water partition coefficient (Wildman–Crippen LogP) is 10.4. The molecule has 2 saturated heterocycles. The topological polar surface area (TPSA) is 36.9 Å². The average Bonchev–Trinajstić information content (AvgIpc) is 3.27. The van der Waals surface area contributed by atoms with E-state index >= 15 is 0 Å². The van der Waals surface area contributed by atoms with E-state index in [1.54, 1.807) is 0 Å². The van der Waals surface area contributed by atoms with Crippen LogP contribution in [-0.2, 0) is 18.7 Å². The van der Waals surface area contributed by atoms with Crippen LogP contribution in [0.1, 0.15) is 113 Å². The van der Waals surface area contributed by atoms with Crippen LogP contribution in [0.4, 0.5) is 0 Å². The number of hydrogen-bond acceptors (Lipinski definition) is 6. The highest BCUT2D eigenvalue weighted by atomic mass is 32.2. The summed E-state index contributed by atoms with van der Waals surface area (Å²) in [6.07, 6.45) is 9.04. The highest BCUT2D eigenvalue weighted by Crippen LogP contribution is 2.51. The fourth-order valence-electron chi connectivity index (χ4n) is 6.16. The molecule has 0 saturated carbocycles. The summed E-state index contributed by atoms with van der Waals surface area (Å²) in [5, 5.41) is 0.382. The molecule has 8 heteroatoms. The minimum Gasteiger partial charge on any atom is -0.494 e. The Labute approximate surface area is 257 Å². The summed E-state index contributed by atoms with van der Waals surface area (Å²) in [6, 6.07) is 8.76. The molecular formula is C32H58O4S2Si2. The molecule has 0 spiro atoms. The van der Waals surface area contributed by atoms with E-state index in [4.69, 9.17) is 17.7 Å². The Bertz CT molecular complexity index is 849. The van der Waals surface area contributed by atoms with E-state index in [1.165, 1.54) is 37.7 Å². The molecule has 1 aromatic carbocycles. The molecule has 0 bridgehead atoms. The minimum atomic E-state index is -2.51. The summed E-state index contributed by atoms with van der Waals surface area (Å²) in [4.78, 5) is 0. The Morgan fingerprint density at radius 1 is 0.850 bits per heavy atom. The third-order valence-corrected chi connectivity index (χ3v) is 22.0. The van der Waals surface area contributed by atoms with Gasteiger partial charge in [0.25, 0.3) is 0 Å². The van der Waals surface area contributed by atoms with Crippen molar-refractivity contribution in [2.24, 2.45) is 0 Å². The maximum absolute atomic E-state index is 7.36. The molecule has 0 aromatic heterocycles. The number of benzene rings is 1. The zero-order valence-electron chi connectivity index (χ0n) is 26.9. The molecule has 2 fully saturated rings. The van der Waals surface area contributed by atoms with Crippen molar-refractivity contribution in [1.29, 1.82) is 0 Å². The molecule has 2 aliphatic rings. The lowest BCUT2D eigenvalue weighted by Gasteiger charge is -2.51. The molecule has 0 N–H and O–H groups in total. The summed E-state index contributed by atoms with van der Waals surface area (Å²) in [5.74, 6) is 2.01.